The third-order valence-corrected chi connectivity index (χ3v) is 6.47. The van der Waals surface area contributed by atoms with Gasteiger partial charge < -0.3 is 38.8 Å². The van der Waals surface area contributed by atoms with E-state index in [1.165, 1.54) is 0 Å². The van der Waals surface area contributed by atoms with Crippen molar-refractivity contribution in [2.45, 2.75) is 90.1 Å². The van der Waals surface area contributed by atoms with Gasteiger partial charge in [-0.05, 0) is 78.3 Å². The molecule has 0 amide bonds. The largest absolute Gasteiger partial charge is 0.457 e. The lowest BCUT2D eigenvalue weighted by atomic mass is 10.1. The molecule has 11 heteroatoms. The molecule has 0 radical (unpaired) electrons. The molecule has 2 aromatic carbocycles. The van der Waals surface area contributed by atoms with Crippen LogP contribution < -0.4 is 14.8 Å². The van der Waals surface area contributed by atoms with E-state index >= 15 is 0 Å². The topological polar surface area (TPSA) is 122 Å². The number of esters is 2. The molecular formula is C32H44ClNO9. The Hall–Kier alpha value is -2.89. The maximum Gasteiger partial charge on any atom is 0.453 e. The predicted octanol–water partition coefficient (Wildman–Crippen LogP) is 4.99. The van der Waals surface area contributed by atoms with E-state index in [9.17, 15) is 14.7 Å². The van der Waals surface area contributed by atoms with Crippen molar-refractivity contribution >= 4 is 23.5 Å². The molecule has 3 unspecified atom stereocenters. The number of aliphatic hydroxyl groups excluding tert-OH is 1. The highest BCUT2D eigenvalue weighted by atomic mass is 35.5. The zero-order valence-corrected chi connectivity index (χ0v) is 26.7. The maximum absolute atomic E-state index is 13.7. The number of para-hydroxylation sites is 2. The highest BCUT2D eigenvalue weighted by molar-refractivity contribution is 6.30. The Labute approximate surface area is 258 Å². The lowest BCUT2D eigenvalue weighted by molar-refractivity contribution is -0.209. The second kappa shape index (κ2) is 14.7. The van der Waals surface area contributed by atoms with E-state index in [1.807, 2.05) is 48.5 Å². The van der Waals surface area contributed by atoms with E-state index in [0.29, 0.717) is 17.0 Å². The molecular weight excluding hydrogens is 578 g/mol. The van der Waals surface area contributed by atoms with Gasteiger partial charge in [0.1, 0.15) is 12.7 Å². The fraction of sp³-hybridized carbons (Fsp3) is 0.562. The van der Waals surface area contributed by atoms with Crippen molar-refractivity contribution in [1.82, 2.24) is 5.32 Å². The molecule has 0 spiro atoms. The van der Waals surface area contributed by atoms with Crippen molar-refractivity contribution in [3.63, 3.8) is 0 Å². The van der Waals surface area contributed by atoms with Gasteiger partial charge >= 0.3 is 17.7 Å². The second-order valence-electron chi connectivity index (χ2n) is 12.4. The molecule has 1 aliphatic heterocycles. The number of hydrogen-bond acceptors (Lipinski definition) is 10. The number of nitrogens with one attached hydrogen (secondary N) is 1. The van der Waals surface area contributed by atoms with Gasteiger partial charge in [-0.3, -0.25) is 0 Å². The van der Waals surface area contributed by atoms with Gasteiger partial charge in [0, 0.05) is 24.0 Å². The van der Waals surface area contributed by atoms with Crippen LogP contribution in [0.1, 0.15) is 66.6 Å². The Morgan fingerprint density at radius 2 is 1.56 bits per heavy atom. The summed E-state index contributed by atoms with van der Waals surface area (Å²) >= 11 is 6.06. The number of rotatable bonds is 14. The van der Waals surface area contributed by atoms with Gasteiger partial charge in [-0.15, -0.1) is 0 Å². The van der Waals surface area contributed by atoms with Crippen LogP contribution in [0.5, 0.6) is 11.5 Å². The Morgan fingerprint density at radius 3 is 2.14 bits per heavy atom. The van der Waals surface area contributed by atoms with E-state index in [-0.39, 0.29) is 43.9 Å². The average Bonchev–Trinajstić information content (AvgIpc) is 3.33. The Kier molecular flexibility index (Phi) is 11.8. The minimum absolute atomic E-state index is 0.0373. The van der Waals surface area contributed by atoms with Crippen LogP contribution in [0.2, 0.25) is 5.02 Å². The first-order chi connectivity index (χ1) is 20.1. The summed E-state index contributed by atoms with van der Waals surface area (Å²) in [5.41, 5.74) is -0.284. The first-order valence-electron chi connectivity index (χ1n) is 14.4. The van der Waals surface area contributed by atoms with Gasteiger partial charge in [0.25, 0.3) is 0 Å². The van der Waals surface area contributed by atoms with Crippen LogP contribution in [0, 0.1) is 0 Å². The number of aliphatic hydroxyl groups is 1. The summed E-state index contributed by atoms with van der Waals surface area (Å²) in [6.07, 6.45) is -1.31. The van der Waals surface area contributed by atoms with Crippen molar-refractivity contribution in [2.75, 3.05) is 26.4 Å². The van der Waals surface area contributed by atoms with Gasteiger partial charge in [0.05, 0.1) is 30.5 Å². The molecule has 3 rings (SSSR count). The summed E-state index contributed by atoms with van der Waals surface area (Å²) in [5, 5.41) is 14.4. The molecule has 0 saturated heterocycles. The summed E-state index contributed by atoms with van der Waals surface area (Å²) in [7, 11) is 0. The first-order valence-corrected chi connectivity index (χ1v) is 14.8. The van der Waals surface area contributed by atoms with E-state index in [0.717, 1.165) is 0 Å². The fourth-order valence-electron chi connectivity index (χ4n) is 4.12. The first kappa shape index (κ1) is 34.6. The number of carbonyl (C=O) groups excluding carboxylic acids is 2. The number of hydrogen-bond donors (Lipinski definition) is 2. The zero-order valence-electron chi connectivity index (χ0n) is 26.0. The van der Waals surface area contributed by atoms with Gasteiger partial charge in [0.2, 0.25) is 0 Å². The van der Waals surface area contributed by atoms with E-state index in [1.54, 1.807) is 48.5 Å². The average molecular weight is 622 g/mol. The predicted molar refractivity (Wildman–Crippen MR) is 161 cm³/mol. The van der Waals surface area contributed by atoms with Crippen molar-refractivity contribution in [2.24, 2.45) is 0 Å². The van der Waals surface area contributed by atoms with E-state index < -0.39 is 41.1 Å². The number of carbonyl (C=O) groups is 2. The van der Waals surface area contributed by atoms with Gasteiger partial charge in [-0.1, -0.05) is 35.9 Å². The van der Waals surface area contributed by atoms with Gasteiger partial charge in [-0.25, -0.2) is 9.59 Å². The second-order valence-corrected chi connectivity index (χ2v) is 12.9. The molecule has 2 N–H and O–H groups in total. The van der Waals surface area contributed by atoms with Crippen molar-refractivity contribution in [3.8, 4) is 11.5 Å². The van der Waals surface area contributed by atoms with Crippen LogP contribution in [0.25, 0.3) is 0 Å². The van der Waals surface area contributed by atoms with Crippen LogP contribution >= 0.6 is 11.6 Å². The minimum Gasteiger partial charge on any atom is -0.457 e. The van der Waals surface area contributed by atoms with Gasteiger partial charge in [0.15, 0.2) is 11.5 Å². The quantitative estimate of drug-likeness (QED) is 0.169. The van der Waals surface area contributed by atoms with E-state index in [4.69, 9.17) is 40.0 Å². The fourth-order valence-corrected chi connectivity index (χ4v) is 4.32. The summed E-state index contributed by atoms with van der Waals surface area (Å²) in [6, 6.07) is 13.3. The zero-order chi connectivity index (χ0) is 31.8. The van der Waals surface area contributed by atoms with Crippen molar-refractivity contribution < 1.29 is 43.1 Å². The number of benzene rings is 2. The maximum atomic E-state index is 13.7. The number of halogens is 1. The molecule has 10 nitrogen and oxygen atoms in total. The molecule has 43 heavy (non-hydrogen) atoms. The lowest BCUT2D eigenvalue weighted by Gasteiger charge is -2.30. The molecule has 2 aromatic rings. The molecule has 0 aromatic heterocycles. The number of ether oxygens (including phenoxy) is 6. The molecule has 0 fully saturated rings. The smallest absolute Gasteiger partial charge is 0.453 e. The third-order valence-electron chi connectivity index (χ3n) is 6.23. The van der Waals surface area contributed by atoms with E-state index in [2.05, 4.69) is 5.32 Å². The Balaban J connectivity index is 1.72. The van der Waals surface area contributed by atoms with Crippen molar-refractivity contribution in [1.29, 1.82) is 0 Å². The molecule has 0 saturated carbocycles. The summed E-state index contributed by atoms with van der Waals surface area (Å²) in [6.45, 7) is 13.4. The van der Waals surface area contributed by atoms with Crippen LogP contribution in [-0.4, -0.2) is 72.5 Å². The highest BCUT2D eigenvalue weighted by Crippen LogP contribution is 2.40. The van der Waals surface area contributed by atoms with Crippen LogP contribution in [0.15, 0.2) is 48.5 Å². The van der Waals surface area contributed by atoms with Crippen LogP contribution in [0.4, 0.5) is 0 Å². The van der Waals surface area contributed by atoms with Crippen LogP contribution in [0.3, 0.4) is 0 Å². The summed E-state index contributed by atoms with van der Waals surface area (Å²) in [5.74, 6) is -4.22. The standard InChI is InChI=1S/C32H44ClNO9/c1-21(34-19-25(35)22-11-10-12-23(33)18-22)17-24(20-40-31(5,6)7)41-29(37)32(28(36)38-15-16-39-30(2,3)4)42-26-13-8-9-14-27(26)43-32/h8-14,18,21,24-25,34-35H,15-17,19-20H2,1-7H3. The molecule has 0 aliphatic carbocycles. The molecule has 3 atom stereocenters. The summed E-state index contributed by atoms with van der Waals surface area (Å²) < 4.78 is 34.4. The monoisotopic (exact) mass is 621 g/mol. The molecule has 1 aliphatic rings. The third kappa shape index (κ3) is 10.7. The highest BCUT2D eigenvalue weighted by Gasteiger charge is 2.60. The summed E-state index contributed by atoms with van der Waals surface area (Å²) in [4.78, 5) is 27.1. The lowest BCUT2D eigenvalue weighted by Crippen LogP contribution is -2.57. The van der Waals surface area contributed by atoms with Gasteiger partial charge in [-0.2, -0.15) is 0 Å². The number of fused-ring (bicyclic) bond motifs is 1. The SMILES string of the molecule is CC(CC(COC(C)(C)C)OC(=O)C1(C(=O)OCCOC(C)(C)C)Oc2ccccc2O1)NCC(O)c1cccc(Cl)c1. The minimum atomic E-state index is -2.50. The van der Waals surface area contributed by atoms with Crippen molar-refractivity contribution in [3.05, 3.63) is 59.1 Å². The molecule has 1 heterocycles. The molecule has 238 valence electrons. The molecule has 0 bridgehead atoms. The Bertz CT molecular complexity index is 1200. The normalized spacial score (nSPS) is 16.3. The Morgan fingerprint density at radius 1 is 0.930 bits per heavy atom. The van der Waals surface area contributed by atoms with Crippen LogP contribution in [-0.2, 0) is 28.5 Å².